The summed E-state index contributed by atoms with van der Waals surface area (Å²) < 4.78 is 4.70. The third-order valence-electron chi connectivity index (χ3n) is 3.45. The highest BCUT2D eigenvalue weighted by atomic mass is 16.5. The normalized spacial score (nSPS) is 15.4. The monoisotopic (exact) mass is 263 g/mol. The van der Waals surface area contributed by atoms with Gasteiger partial charge < -0.3 is 20.7 Å². The molecule has 1 fully saturated rings. The Kier molecular flexibility index (Phi) is 4.63. The lowest BCUT2D eigenvalue weighted by Gasteiger charge is -2.16. The maximum Gasteiger partial charge on any atom is 0.340 e. The molecule has 1 saturated heterocycles. The molecule has 2 rings (SSSR count). The Morgan fingerprint density at radius 1 is 1.42 bits per heavy atom. The Labute approximate surface area is 113 Å². The van der Waals surface area contributed by atoms with Crippen LogP contribution >= 0.6 is 0 Å². The fraction of sp³-hybridized carbons (Fsp3) is 0.500. The number of benzene rings is 1. The number of ether oxygens (including phenoxy) is 1. The summed E-state index contributed by atoms with van der Waals surface area (Å²) in [7, 11) is 1.36. The molecule has 0 aliphatic carbocycles. The molecule has 1 aromatic rings. The number of hydrogen-bond acceptors (Lipinski definition) is 5. The van der Waals surface area contributed by atoms with Crippen LogP contribution in [0.25, 0.3) is 0 Å². The first-order valence-corrected chi connectivity index (χ1v) is 6.65. The van der Waals surface area contributed by atoms with Crippen molar-refractivity contribution in [1.82, 2.24) is 4.90 Å². The second kappa shape index (κ2) is 6.43. The minimum atomic E-state index is -0.402. The quantitative estimate of drug-likeness (QED) is 0.623. The van der Waals surface area contributed by atoms with E-state index in [0.29, 0.717) is 11.3 Å². The van der Waals surface area contributed by atoms with E-state index in [1.807, 2.05) is 6.07 Å². The predicted molar refractivity (Wildman–Crippen MR) is 76.4 cm³/mol. The van der Waals surface area contributed by atoms with Gasteiger partial charge in [0.1, 0.15) is 0 Å². The van der Waals surface area contributed by atoms with E-state index in [-0.39, 0.29) is 0 Å². The van der Waals surface area contributed by atoms with E-state index in [1.165, 1.54) is 33.0 Å². The minimum absolute atomic E-state index is 0.402. The van der Waals surface area contributed by atoms with Crippen LogP contribution in [0.5, 0.6) is 0 Å². The summed E-state index contributed by atoms with van der Waals surface area (Å²) in [6.07, 6.45) is 2.58. The van der Waals surface area contributed by atoms with Gasteiger partial charge in [0, 0.05) is 13.1 Å². The molecule has 19 heavy (non-hydrogen) atoms. The summed E-state index contributed by atoms with van der Waals surface area (Å²) in [5.41, 5.74) is 7.64. The fourth-order valence-electron chi connectivity index (χ4n) is 2.36. The molecular formula is C14H21N3O2. The number of esters is 1. The Morgan fingerprint density at radius 2 is 2.16 bits per heavy atom. The average molecular weight is 263 g/mol. The van der Waals surface area contributed by atoms with Gasteiger partial charge in [0.2, 0.25) is 0 Å². The number of carbonyl (C=O) groups is 1. The molecule has 1 aliphatic rings. The second-order valence-electron chi connectivity index (χ2n) is 4.73. The minimum Gasteiger partial charge on any atom is -0.465 e. The van der Waals surface area contributed by atoms with Crippen LogP contribution in [0.3, 0.4) is 0 Å². The van der Waals surface area contributed by atoms with Gasteiger partial charge in [0.15, 0.2) is 0 Å². The Bertz CT molecular complexity index is 442. The lowest BCUT2D eigenvalue weighted by Crippen LogP contribution is -2.26. The van der Waals surface area contributed by atoms with Crippen molar-refractivity contribution in [2.24, 2.45) is 0 Å². The number of methoxy groups -OCH3 is 1. The highest BCUT2D eigenvalue weighted by molar-refractivity contribution is 5.98. The third-order valence-corrected chi connectivity index (χ3v) is 3.45. The van der Waals surface area contributed by atoms with Crippen LogP contribution in [0.1, 0.15) is 23.2 Å². The fourth-order valence-corrected chi connectivity index (χ4v) is 2.36. The van der Waals surface area contributed by atoms with Crippen LogP contribution in [0.15, 0.2) is 18.2 Å². The maximum absolute atomic E-state index is 11.5. The van der Waals surface area contributed by atoms with Gasteiger partial charge in [0.05, 0.1) is 24.0 Å². The van der Waals surface area contributed by atoms with Crippen molar-refractivity contribution in [2.45, 2.75) is 12.8 Å². The summed E-state index contributed by atoms with van der Waals surface area (Å²) in [6.45, 7) is 4.19. The molecule has 0 spiro atoms. The zero-order chi connectivity index (χ0) is 13.7. The Hall–Kier alpha value is -1.75. The van der Waals surface area contributed by atoms with Crippen molar-refractivity contribution in [3.05, 3.63) is 23.8 Å². The van der Waals surface area contributed by atoms with Crippen LogP contribution in [-0.2, 0) is 4.74 Å². The van der Waals surface area contributed by atoms with E-state index in [4.69, 9.17) is 10.5 Å². The van der Waals surface area contributed by atoms with Crippen LogP contribution < -0.4 is 11.1 Å². The van der Waals surface area contributed by atoms with Gasteiger partial charge in [-0.1, -0.05) is 6.07 Å². The number of likely N-dealkylation sites (tertiary alicyclic amines) is 1. The predicted octanol–water partition coefficient (Wildman–Crippen LogP) is 1.56. The number of rotatable bonds is 5. The van der Waals surface area contributed by atoms with Crippen LogP contribution in [0.4, 0.5) is 11.4 Å². The van der Waals surface area contributed by atoms with Gasteiger partial charge in [0.25, 0.3) is 0 Å². The molecule has 0 aromatic heterocycles. The summed E-state index contributed by atoms with van der Waals surface area (Å²) in [5.74, 6) is -0.402. The number of carbonyl (C=O) groups excluding carboxylic acids is 1. The van der Waals surface area contributed by atoms with E-state index < -0.39 is 5.97 Å². The van der Waals surface area contributed by atoms with Gasteiger partial charge in [-0.25, -0.2) is 4.79 Å². The lowest BCUT2D eigenvalue weighted by atomic mass is 10.1. The molecule has 0 unspecified atom stereocenters. The molecule has 1 aromatic carbocycles. The van der Waals surface area contributed by atoms with Crippen molar-refractivity contribution < 1.29 is 9.53 Å². The summed E-state index contributed by atoms with van der Waals surface area (Å²) >= 11 is 0. The smallest absolute Gasteiger partial charge is 0.340 e. The van der Waals surface area contributed by atoms with E-state index in [2.05, 4.69) is 10.2 Å². The van der Waals surface area contributed by atoms with E-state index in [0.717, 1.165) is 18.8 Å². The van der Waals surface area contributed by atoms with Gasteiger partial charge >= 0.3 is 5.97 Å². The molecule has 0 amide bonds. The zero-order valence-electron chi connectivity index (χ0n) is 11.3. The average Bonchev–Trinajstić information content (AvgIpc) is 2.93. The maximum atomic E-state index is 11.5. The van der Waals surface area contributed by atoms with Crippen LogP contribution in [0.2, 0.25) is 0 Å². The van der Waals surface area contributed by atoms with Crippen molar-refractivity contribution >= 4 is 17.3 Å². The second-order valence-corrected chi connectivity index (χ2v) is 4.73. The summed E-state index contributed by atoms with van der Waals surface area (Å²) in [4.78, 5) is 14.0. The Balaban J connectivity index is 1.94. The number of nitrogen functional groups attached to an aromatic ring is 1. The molecule has 0 atom stereocenters. The molecule has 0 radical (unpaired) electrons. The van der Waals surface area contributed by atoms with E-state index in [1.54, 1.807) is 12.1 Å². The van der Waals surface area contributed by atoms with E-state index in [9.17, 15) is 4.79 Å². The molecule has 5 nitrogen and oxygen atoms in total. The highest BCUT2D eigenvalue weighted by Gasteiger charge is 2.13. The van der Waals surface area contributed by atoms with Crippen molar-refractivity contribution in [3.8, 4) is 0 Å². The molecule has 0 saturated carbocycles. The number of anilines is 2. The molecule has 0 bridgehead atoms. The van der Waals surface area contributed by atoms with Crippen LogP contribution in [-0.4, -0.2) is 44.2 Å². The topological polar surface area (TPSA) is 67.6 Å². The zero-order valence-corrected chi connectivity index (χ0v) is 11.3. The molecular weight excluding hydrogens is 242 g/mol. The number of nitrogens with two attached hydrogens (primary N) is 1. The largest absolute Gasteiger partial charge is 0.465 e. The van der Waals surface area contributed by atoms with Gasteiger partial charge in [-0.2, -0.15) is 0 Å². The Morgan fingerprint density at radius 3 is 2.84 bits per heavy atom. The molecule has 1 aliphatic heterocycles. The van der Waals surface area contributed by atoms with Crippen LogP contribution in [0, 0.1) is 0 Å². The van der Waals surface area contributed by atoms with Gasteiger partial charge in [-0.15, -0.1) is 0 Å². The lowest BCUT2D eigenvalue weighted by molar-refractivity contribution is 0.0602. The molecule has 5 heteroatoms. The number of hydrogen-bond donors (Lipinski definition) is 2. The van der Waals surface area contributed by atoms with Crippen molar-refractivity contribution in [1.29, 1.82) is 0 Å². The first-order valence-electron chi connectivity index (χ1n) is 6.65. The molecule has 3 N–H and O–H groups in total. The van der Waals surface area contributed by atoms with Crippen molar-refractivity contribution in [2.75, 3.05) is 44.3 Å². The van der Waals surface area contributed by atoms with Gasteiger partial charge in [-0.3, -0.25) is 0 Å². The standard InChI is InChI=1S/C14H21N3O2/c1-19-14(18)11-5-4-6-12(13(11)15)16-7-10-17-8-2-3-9-17/h4-6,16H,2-3,7-10,15H2,1H3. The number of nitrogens with zero attached hydrogens (tertiary/aromatic N) is 1. The number of nitrogens with one attached hydrogen (secondary N) is 1. The van der Waals surface area contributed by atoms with E-state index >= 15 is 0 Å². The highest BCUT2D eigenvalue weighted by Crippen LogP contribution is 2.23. The van der Waals surface area contributed by atoms with Gasteiger partial charge in [-0.05, 0) is 38.1 Å². The molecule has 1 heterocycles. The first-order chi connectivity index (χ1) is 9.22. The third kappa shape index (κ3) is 3.38. The summed E-state index contributed by atoms with van der Waals surface area (Å²) in [5, 5.41) is 3.28. The molecule has 104 valence electrons. The number of para-hydroxylation sites is 1. The summed E-state index contributed by atoms with van der Waals surface area (Å²) in [6, 6.07) is 5.36. The SMILES string of the molecule is COC(=O)c1cccc(NCCN2CCCC2)c1N. The van der Waals surface area contributed by atoms with Crippen molar-refractivity contribution in [3.63, 3.8) is 0 Å². The first kappa shape index (κ1) is 13.7.